The first-order chi connectivity index (χ1) is 27.5. The van der Waals surface area contributed by atoms with Crippen LogP contribution in [0.2, 0.25) is 0 Å². The highest BCUT2D eigenvalue weighted by Gasteiger charge is 2.10. The lowest BCUT2D eigenvalue weighted by atomic mass is 10.0. The zero-order valence-corrected chi connectivity index (χ0v) is 36.8. The molecule has 0 saturated carbocycles. The molecule has 0 aliphatic rings. The molecule has 2 aromatic rings. The SMILES string of the molecule is CCCCCCCCN(CCCCC)CCCC(=O)COCc1ccc(-c2ccc(COCC(=O)CCCN(CCCCC)CCCCCCCC)cc2)cc1. The van der Waals surface area contributed by atoms with Gasteiger partial charge >= 0.3 is 0 Å². The van der Waals surface area contributed by atoms with Crippen LogP contribution in [0.25, 0.3) is 11.1 Å². The Morgan fingerprint density at radius 1 is 0.393 bits per heavy atom. The van der Waals surface area contributed by atoms with E-state index in [9.17, 15) is 9.59 Å². The second kappa shape index (κ2) is 34.6. The molecule has 0 bridgehead atoms. The summed E-state index contributed by atoms with van der Waals surface area (Å²) in [5.74, 6) is 0.392. The molecular formula is C50H84N2O4. The number of rotatable bonds is 39. The lowest BCUT2D eigenvalue weighted by Crippen LogP contribution is -2.28. The number of unbranched alkanes of at least 4 members (excludes halogenated alkanes) is 14. The summed E-state index contributed by atoms with van der Waals surface area (Å²) in [4.78, 5) is 30.3. The normalized spacial score (nSPS) is 11.6. The number of carbonyl (C=O) groups excluding carboxylic acids is 2. The third-order valence-corrected chi connectivity index (χ3v) is 11.0. The number of hydrogen-bond acceptors (Lipinski definition) is 6. The lowest BCUT2D eigenvalue weighted by molar-refractivity contribution is -0.124. The van der Waals surface area contributed by atoms with Gasteiger partial charge in [0, 0.05) is 12.8 Å². The molecule has 0 spiro atoms. The standard InChI is InChI=1S/C50H84N2O4/c1-5-9-13-15-17-21-37-51(35-19-11-7-3)39-23-25-49(53)43-55-41-45-27-31-47(32-28-45)48-33-29-46(30-34-48)42-56-44-50(54)26-24-40-52(36-20-12-8-4)38-22-18-16-14-10-6-2/h27-34H,5-26,35-44H2,1-4H3. The van der Waals surface area contributed by atoms with Crippen LogP contribution in [0, 0.1) is 0 Å². The molecule has 0 saturated heterocycles. The monoisotopic (exact) mass is 777 g/mol. The van der Waals surface area contributed by atoms with Crippen LogP contribution in [0.1, 0.15) is 180 Å². The summed E-state index contributed by atoms with van der Waals surface area (Å²) in [6.45, 7) is 17.0. The van der Waals surface area contributed by atoms with Crippen LogP contribution >= 0.6 is 0 Å². The van der Waals surface area contributed by atoms with Crippen molar-refractivity contribution in [1.29, 1.82) is 0 Å². The zero-order valence-electron chi connectivity index (χ0n) is 36.8. The fourth-order valence-electron chi connectivity index (χ4n) is 7.37. The van der Waals surface area contributed by atoms with Gasteiger partial charge in [-0.3, -0.25) is 9.59 Å². The molecule has 6 nitrogen and oxygen atoms in total. The molecule has 0 fully saturated rings. The van der Waals surface area contributed by atoms with Gasteiger partial charge in [-0.1, -0.05) is 166 Å². The first kappa shape index (κ1) is 49.8. The van der Waals surface area contributed by atoms with Crippen molar-refractivity contribution in [2.75, 3.05) is 52.5 Å². The number of carbonyl (C=O) groups is 2. The molecule has 0 aliphatic carbocycles. The van der Waals surface area contributed by atoms with E-state index in [0.717, 1.165) is 74.4 Å². The summed E-state index contributed by atoms with van der Waals surface area (Å²) in [6.07, 6.45) is 26.5. The Bertz CT molecular complexity index is 1120. The summed E-state index contributed by atoms with van der Waals surface area (Å²) in [6, 6.07) is 16.8. The first-order valence-corrected chi connectivity index (χ1v) is 23.3. The Balaban J connectivity index is 1.64. The number of nitrogens with zero attached hydrogens (tertiary/aromatic N) is 2. The quantitative estimate of drug-likeness (QED) is 0.0630. The molecule has 0 atom stereocenters. The molecule has 56 heavy (non-hydrogen) atoms. The van der Waals surface area contributed by atoms with Crippen molar-refractivity contribution in [3.05, 3.63) is 59.7 Å². The van der Waals surface area contributed by atoms with E-state index in [0.29, 0.717) is 26.1 Å². The second-order valence-corrected chi connectivity index (χ2v) is 16.3. The van der Waals surface area contributed by atoms with E-state index in [1.807, 2.05) is 0 Å². The molecule has 0 heterocycles. The number of benzene rings is 2. The van der Waals surface area contributed by atoms with Gasteiger partial charge in [0.2, 0.25) is 0 Å². The Morgan fingerprint density at radius 2 is 0.679 bits per heavy atom. The Labute approximate surface area is 344 Å². The highest BCUT2D eigenvalue weighted by atomic mass is 16.5. The maximum atomic E-state index is 12.6. The van der Waals surface area contributed by atoms with Crippen molar-refractivity contribution in [2.24, 2.45) is 0 Å². The largest absolute Gasteiger partial charge is 0.369 e. The van der Waals surface area contributed by atoms with Crippen LogP contribution in [0.15, 0.2) is 48.5 Å². The van der Waals surface area contributed by atoms with Crippen molar-refractivity contribution in [3.63, 3.8) is 0 Å². The van der Waals surface area contributed by atoms with Crippen LogP contribution in [0.3, 0.4) is 0 Å². The highest BCUT2D eigenvalue weighted by molar-refractivity contribution is 5.80. The minimum absolute atomic E-state index is 0.182. The molecule has 0 N–H and O–H groups in total. The van der Waals surface area contributed by atoms with E-state index >= 15 is 0 Å². The van der Waals surface area contributed by atoms with E-state index in [-0.39, 0.29) is 24.8 Å². The Morgan fingerprint density at radius 3 is 1.04 bits per heavy atom. The highest BCUT2D eigenvalue weighted by Crippen LogP contribution is 2.21. The predicted octanol–water partition coefficient (Wildman–Crippen LogP) is 12.8. The summed E-state index contributed by atoms with van der Waals surface area (Å²) in [7, 11) is 0. The molecule has 0 aliphatic heterocycles. The topological polar surface area (TPSA) is 59.1 Å². The molecule has 0 radical (unpaired) electrons. The van der Waals surface area contributed by atoms with Crippen molar-refractivity contribution in [3.8, 4) is 11.1 Å². The van der Waals surface area contributed by atoms with Gasteiger partial charge in [0.1, 0.15) is 13.2 Å². The minimum Gasteiger partial charge on any atom is -0.369 e. The van der Waals surface area contributed by atoms with Crippen LogP contribution in [-0.2, 0) is 32.3 Å². The fourth-order valence-corrected chi connectivity index (χ4v) is 7.37. The summed E-state index contributed by atoms with van der Waals surface area (Å²) in [5, 5.41) is 0. The van der Waals surface area contributed by atoms with E-state index < -0.39 is 0 Å². The smallest absolute Gasteiger partial charge is 0.158 e. The van der Waals surface area contributed by atoms with E-state index in [2.05, 4.69) is 86.0 Å². The zero-order chi connectivity index (χ0) is 40.3. The van der Waals surface area contributed by atoms with Gasteiger partial charge in [-0.25, -0.2) is 0 Å². The number of ether oxygens (including phenoxy) is 2. The average molecular weight is 777 g/mol. The third kappa shape index (κ3) is 25.8. The van der Waals surface area contributed by atoms with Crippen LogP contribution < -0.4 is 0 Å². The maximum absolute atomic E-state index is 12.6. The minimum atomic E-state index is 0.182. The molecule has 0 unspecified atom stereocenters. The third-order valence-electron chi connectivity index (χ3n) is 11.0. The second-order valence-electron chi connectivity index (χ2n) is 16.3. The molecule has 2 rings (SSSR count). The number of hydrogen-bond donors (Lipinski definition) is 0. The van der Waals surface area contributed by atoms with Gasteiger partial charge in [-0.05, 0) is 100 Å². The maximum Gasteiger partial charge on any atom is 0.158 e. The Kier molecular flexibility index (Phi) is 30.8. The van der Waals surface area contributed by atoms with Gasteiger partial charge in [0.05, 0.1) is 13.2 Å². The van der Waals surface area contributed by atoms with Gasteiger partial charge in [0.15, 0.2) is 11.6 Å². The average Bonchev–Trinajstić information content (AvgIpc) is 3.20. The molecule has 318 valence electrons. The van der Waals surface area contributed by atoms with Crippen molar-refractivity contribution in [1.82, 2.24) is 9.80 Å². The van der Waals surface area contributed by atoms with Gasteiger partial charge in [0.25, 0.3) is 0 Å². The number of Topliss-reactive ketones (excluding diaryl/α,β-unsaturated/α-hetero) is 2. The van der Waals surface area contributed by atoms with E-state index in [1.54, 1.807) is 0 Å². The summed E-state index contributed by atoms with van der Waals surface area (Å²) >= 11 is 0. The van der Waals surface area contributed by atoms with Gasteiger partial charge in [-0.15, -0.1) is 0 Å². The van der Waals surface area contributed by atoms with Gasteiger partial charge in [-0.2, -0.15) is 0 Å². The van der Waals surface area contributed by atoms with E-state index in [4.69, 9.17) is 9.47 Å². The van der Waals surface area contributed by atoms with Crippen LogP contribution in [-0.4, -0.2) is 73.8 Å². The van der Waals surface area contributed by atoms with Crippen molar-refractivity contribution >= 4 is 11.6 Å². The molecule has 6 heteroatoms. The Hall–Kier alpha value is -2.38. The van der Waals surface area contributed by atoms with Crippen LogP contribution in [0.5, 0.6) is 0 Å². The lowest BCUT2D eigenvalue weighted by Gasteiger charge is -2.22. The number of ketones is 2. The predicted molar refractivity (Wildman–Crippen MR) is 238 cm³/mol. The van der Waals surface area contributed by atoms with Crippen LogP contribution in [0.4, 0.5) is 0 Å². The molecular weight excluding hydrogens is 693 g/mol. The molecule has 0 amide bonds. The van der Waals surface area contributed by atoms with Crippen molar-refractivity contribution in [2.45, 2.75) is 182 Å². The fraction of sp³-hybridized carbons (Fsp3) is 0.720. The van der Waals surface area contributed by atoms with Gasteiger partial charge < -0.3 is 19.3 Å². The summed E-state index contributed by atoms with van der Waals surface area (Å²) < 4.78 is 11.6. The van der Waals surface area contributed by atoms with E-state index in [1.165, 1.54) is 116 Å². The molecule has 0 aromatic heterocycles. The first-order valence-electron chi connectivity index (χ1n) is 23.3. The molecule has 2 aromatic carbocycles. The summed E-state index contributed by atoms with van der Waals surface area (Å²) in [5.41, 5.74) is 4.41. The van der Waals surface area contributed by atoms with Crippen molar-refractivity contribution < 1.29 is 19.1 Å².